The highest BCUT2D eigenvalue weighted by molar-refractivity contribution is 6.35. The van der Waals surface area contributed by atoms with Crippen molar-refractivity contribution in [1.29, 1.82) is 0 Å². The lowest BCUT2D eigenvalue weighted by Crippen LogP contribution is -2.59. The number of hydrogen-bond donors (Lipinski definition) is 1. The molecule has 2 aliphatic rings. The Hall–Kier alpha value is -3.82. The van der Waals surface area contributed by atoms with Crippen molar-refractivity contribution in [1.82, 2.24) is 14.7 Å². The number of halogens is 1. The van der Waals surface area contributed by atoms with Crippen LogP contribution in [0.25, 0.3) is 0 Å². The molecule has 0 atom stereocenters. The molecule has 2 aromatic carbocycles. The third-order valence-corrected chi connectivity index (χ3v) is 6.47. The van der Waals surface area contributed by atoms with Crippen LogP contribution >= 0.6 is 0 Å². The smallest absolute Gasteiger partial charge is 0.321 e. The number of nitrogens with one attached hydrogen (secondary N) is 1. The second kappa shape index (κ2) is 10.6. The van der Waals surface area contributed by atoms with E-state index in [1.54, 1.807) is 47.2 Å². The van der Waals surface area contributed by atoms with Gasteiger partial charge in [-0.2, -0.15) is 0 Å². The number of amides is 4. The average Bonchev–Trinajstić information content (AvgIpc) is 2.88. The maximum atomic E-state index is 13.1. The predicted octanol–water partition coefficient (Wildman–Crippen LogP) is 2.71. The van der Waals surface area contributed by atoms with Crippen molar-refractivity contribution in [3.63, 3.8) is 0 Å². The highest BCUT2D eigenvalue weighted by Crippen LogP contribution is 2.29. The van der Waals surface area contributed by atoms with Gasteiger partial charge in [0, 0.05) is 44.8 Å². The highest BCUT2D eigenvalue weighted by atomic mass is 19.1. The summed E-state index contributed by atoms with van der Waals surface area (Å²) in [7, 11) is 3.08. The second-order valence-electron chi connectivity index (χ2n) is 8.57. The first-order valence-electron chi connectivity index (χ1n) is 11.5. The lowest BCUT2D eigenvalue weighted by molar-refractivity contribution is -0.158. The van der Waals surface area contributed by atoms with Gasteiger partial charge in [-0.1, -0.05) is 12.1 Å². The van der Waals surface area contributed by atoms with Gasteiger partial charge in [0.1, 0.15) is 17.3 Å². The van der Waals surface area contributed by atoms with Crippen LogP contribution in [0.1, 0.15) is 18.4 Å². The average molecular weight is 485 g/mol. The first-order chi connectivity index (χ1) is 16.9. The normalized spacial score (nSPS) is 16.9. The van der Waals surface area contributed by atoms with Crippen LogP contribution in [0, 0.1) is 5.82 Å². The molecule has 4 amide bonds. The minimum absolute atomic E-state index is 0.102. The molecule has 0 bridgehead atoms. The third-order valence-electron chi connectivity index (χ3n) is 6.47. The van der Waals surface area contributed by atoms with E-state index in [4.69, 9.17) is 9.47 Å². The molecule has 186 valence electrons. The Morgan fingerprint density at radius 3 is 2.34 bits per heavy atom. The number of likely N-dealkylation sites (tertiary alicyclic amines) is 1. The molecule has 0 spiro atoms. The first-order valence-corrected chi connectivity index (χ1v) is 11.5. The van der Waals surface area contributed by atoms with Crippen LogP contribution in [0.2, 0.25) is 0 Å². The molecule has 2 saturated heterocycles. The van der Waals surface area contributed by atoms with Gasteiger partial charge in [-0.25, -0.2) is 9.18 Å². The second-order valence-corrected chi connectivity index (χ2v) is 8.57. The molecular formula is C25H29FN4O5. The van der Waals surface area contributed by atoms with Crippen molar-refractivity contribution in [2.45, 2.75) is 25.4 Å². The first kappa shape index (κ1) is 24.3. The Kier molecular flexibility index (Phi) is 7.38. The zero-order chi connectivity index (χ0) is 24.9. The van der Waals surface area contributed by atoms with Crippen molar-refractivity contribution in [2.24, 2.45) is 0 Å². The Balaban J connectivity index is 1.31. The molecule has 0 unspecified atom stereocenters. The van der Waals surface area contributed by atoms with Crippen LogP contribution in [0.3, 0.4) is 0 Å². The number of anilines is 1. The predicted molar refractivity (Wildman–Crippen MR) is 127 cm³/mol. The Labute approximate surface area is 203 Å². The fraction of sp³-hybridized carbons (Fsp3) is 0.400. The number of carbonyl (C=O) groups excluding carboxylic acids is 3. The number of ether oxygens (including phenoxy) is 2. The Bertz CT molecular complexity index is 1090. The number of carbonyl (C=O) groups is 3. The van der Waals surface area contributed by atoms with Crippen LogP contribution in [0.15, 0.2) is 42.5 Å². The maximum absolute atomic E-state index is 13.1. The van der Waals surface area contributed by atoms with E-state index < -0.39 is 11.8 Å². The van der Waals surface area contributed by atoms with Crippen LogP contribution in [0.4, 0.5) is 14.9 Å². The molecular weight excluding hydrogens is 455 g/mol. The quantitative estimate of drug-likeness (QED) is 0.637. The van der Waals surface area contributed by atoms with Crippen molar-refractivity contribution < 1.29 is 28.2 Å². The lowest BCUT2D eigenvalue weighted by Gasteiger charge is -2.42. The monoisotopic (exact) mass is 484 g/mol. The van der Waals surface area contributed by atoms with E-state index in [0.717, 1.165) is 5.56 Å². The summed E-state index contributed by atoms with van der Waals surface area (Å²) >= 11 is 0. The van der Waals surface area contributed by atoms with Gasteiger partial charge in [-0.3, -0.25) is 9.59 Å². The number of piperidine rings is 1. The molecule has 0 aromatic heterocycles. The molecule has 2 aliphatic heterocycles. The number of nitrogens with zero attached hydrogens (tertiary/aromatic N) is 3. The van der Waals surface area contributed by atoms with Crippen LogP contribution in [0.5, 0.6) is 11.5 Å². The van der Waals surface area contributed by atoms with Crippen LogP contribution < -0.4 is 14.8 Å². The molecule has 9 nitrogen and oxygen atoms in total. The summed E-state index contributed by atoms with van der Waals surface area (Å²) in [5.74, 6) is -0.296. The molecule has 2 aromatic rings. The SMILES string of the molecule is COc1ccc(OC)c(NC(=O)N2CCC(N3CCN(Cc4ccc(F)cc4)C(=O)C3=O)CC2)c1. The fourth-order valence-corrected chi connectivity index (χ4v) is 4.49. The lowest BCUT2D eigenvalue weighted by atomic mass is 10.0. The Morgan fingerprint density at radius 2 is 1.69 bits per heavy atom. The molecule has 0 radical (unpaired) electrons. The molecule has 2 fully saturated rings. The van der Waals surface area contributed by atoms with E-state index in [1.165, 1.54) is 24.1 Å². The number of piperazine rings is 1. The number of urea groups is 1. The summed E-state index contributed by atoms with van der Waals surface area (Å²) in [6, 6.07) is 10.7. The van der Waals surface area contributed by atoms with Gasteiger partial charge < -0.3 is 29.5 Å². The summed E-state index contributed by atoms with van der Waals surface area (Å²) in [6.45, 7) is 2.03. The Morgan fingerprint density at radius 1 is 0.971 bits per heavy atom. The van der Waals surface area contributed by atoms with Gasteiger partial charge in [0.25, 0.3) is 0 Å². The van der Waals surface area contributed by atoms with Crippen molar-refractivity contribution in [3.8, 4) is 11.5 Å². The van der Waals surface area contributed by atoms with Crippen molar-refractivity contribution >= 4 is 23.5 Å². The van der Waals surface area contributed by atoms with Gasteiger partial charge in [-0.15, -0.1) is 0 Å². The minimum atomic E-state index is -0.550. The molecule has 35 heavy (non-hydrogen) atoms. The summed E-state index contributed by atoms with van der Waals surface area (Å²) in [5.41, 5.74) is 1.28. The van der Waals surface area contributed by atoms with Gasteiger partial charge in [0.05, 0.1) is 19.9 Å². The summed E-state index contributed by atoms with van der Waals surface area (Å²) in [4.78, 5) is 43.2. The van der Waals surface area contributed by atoms with Gasteiger partial charge in [0.2, 0.25) is 0 Å². The minimum Gasteiger partial charge on any atom is -0.497 e. The van der Waals surface area contributed by atoms with E-state index in [2.05, 4.69) is 5.32 Å². The molecule has 2 heterocycles. The maximum Gasteiger partial charge on any atom is 0.321 e. The van der Waals surface area contributed by atoms with E-state index in [9.17, 15) is 18.8 Å². The van der Waals surface area contributed by atoms with Gasteiger partial charge in [-0.05, 0) is 42.7 Å². The van der Waals surface area contributed by atoms with Gasteiger partial charge >= 0.3 is 17.8 Å². The van der Waals surface area contributed by atoms with E-state index in [1.807, 2.05) is 0 Å². The zero-order valence-electron chi connectivity index (χ0n) is 19.8. The largest absolute Gasteiger partial charge is 0.497 e. The summed E-state index contributed by atoms with van der Waals surface area (Å²) in [6.07, 6.45) is 1.17. The fourth-order valence-electron chi connectivity index (χ4n) is 4.49. The molecule has 10 heteroatoms. The zero-order valence-corrected chi connectivity index (χ0v) is 19.8. The highest BCUT2D eigenvalue weighted by Gasteiger charge is 2.38. The number of benzene rings is 2. The molecule has 0 aliphatic carbocycles. The van der Waals surface area contributed by atoms with Crippen molar-refractivity contribution in [3.05, 3.63) is 53.8 Å². The van der Waals surface area contributed by atoms with Gasteiger partial charge in [0.15, 0.2) is 0 Å². The topological polar surface area (TPSA) is 91.4 Å². The molecule has 0 saturated carbocycles. The molecule has 1 N–H and O–H groups in total. The van der Waals surface area contributed by atoms with E-state index >= 15 is 0 Å². The van der Waals surface area contributed by atoms with Crippen molar-refractivity contribution in [2.75, 3.05) is 45.7 Å². The number of rotatable bonds is 6. The molecule has 4 rings (SSSR count). The number of hydrogen-bond acceptors (Lipinski definition) is 5. The summed E-state index contributed by atoms with van der Waals surface area (Å²) < 4.78 is 23.7. The summed E-state index contributed by atoms with van der Waals surface area (Å²) in [5, 5.41) is 2.87. The van der Waals surface area contributed by atoms with E-state index in [-0.39, 0.29) is 24.4 Å². The number of methoxy groups -OCH3 is 2. The van der Waals surface area contributed by atoms with Crippen LogP contribution in [-0.4, -0.2) is 79.0 Å². The standard InChI is InChI=1S/C25H29FN4O5/c1-34-20-7-8-22(35-2)21(15-20)27-25(33)28-11-9-19(10-12-28)30-14-13-29(23(31)24(30)32)16-17-3-5-18(26)6-4-17/h3-8,15,19H,9-14,16H2,1-2H3,(H,27,33). The van der Waals surface area contributed by atoms with Crippen LogP contribution in [-0.2, 0) is 16.1 Å². The van der Waals surface area contributed by atoms with E-state index in [0.29, 0.717) is 56.2 Å². The third kappa shape index (κ3) is 5.47.